The largest absolute Gasteiger partial charge is 0.492 e. The summed E-state index contributed by atoms with van der Waals surface area (Å²) in [5.74, 6) is -1.86. The van der Waals surface area contributed by atoms with Crippen LogP contribution in [-0.2, 0) is 68.4 Å². The molecular weight excluding hydrogens is 1060 g/mol. The van der Waals surface area contributed by atoms with E-state index in [9.17, 15) is 38.7 Å². The summed E-state index contributed by atoms with van der Waals surface area (Å²) in [6.45, 7) is 8.38. The third kappa shape index (κ3) is 46.6. The van der Waals surface area contributed by atoms with E-state index in [1.165, 1.54) is 57.8 Å². The van der Waals surface area contributed by atoms with Crippen LogP contribution in [0.5, 0.6) is 5.75 Å². The second-order valence-electron chi connectivity index (χ2n) is 21.2. The molecule has 472 valence electrons. The molecule has 4 amide bonds. The van der Waals surface area contributed by atoms with E-state index in [4.69, 9.17) is 38.3 Å². The highest BCUT2D eigenvalue weighted by Crippen LogP contribution is 2.16. The van der Waals surface area contributed by atoms with Crippen molar-refractivity contribution in [2.24, 2.45) is 0 Å². The lowest BCUT2D eigenvalue weighted by atomic mass is 10.0. The fourth-order valence-electron chi connectivity index (χ4n) is 8.60. The van der Waals surface area contributed by atoms with Crippen LogP contribution in [0.15, 0.2) is 24.3 Å². The van der Waals surface area contributed by atoms with Crippen molar-refractivity contribution in [2.45, 2.75) is 167 Å². The molecular formula is C60H107N6O16+. The number of carbonyl (C=O) groups is 7. The number of ketones is 1. The first kappa shape index (κ1) is 75.2. The highest BCUT2D eigenvalue weighted by molar-refractivity contribution is 5.85. The van der Waals surface area contributed by atoms with Gasteiger partial charge in [0.2, 0.25) is 17.7 Å². The topological polar surface area (TPSA) is 285 Å². The van der Waals surface area contributed by atoms with Crippen LogP contribution in [0.1, 0.15) is 154 Å². The van der Waals surface area contributed by atoms with Crippen molar-refractivity contribution >= 4 is 41.4 Å². The molecule has 7 N–H and O–H groups in total. The van der Waals surface area contributed by atoms with Gasteiger partial charge < -0.3 is 74.4 Å². The van der Waals surface area contributed by atoms with Gasteiger partial charge in [-0.3, -0.25) is 28.8 Å². The van der Waals surface area contributed by atoms with Crippen LogP contribution in [0.3, 0.4) is 0 Å². The van der Waals surface area contributed by atoms with Crippen LogP contribution >= 0.6 is 0 Å². The molecule has 0 aliphatic rings. The van der Waals surface area contributed by atoms with Crippen molar-refractivity contribution in [3.63, 3.8) is 0 Å². The number of ether oxygens (including phenoxy) is 7. The summed E-state index contributed by atoms with van der Waals surface area (Å²) >= 11 is 0. The quantitative estimate of drug-likeness (QED) is 0.0311. The zero-order chi connectivity index (χ0) is 60.2. The highest BCUT2D eigenvalue weighted by Gasteiger charge is 2.22. The lowest BCUT2D eigenvalue weighted by Gasteiger charge is -2.29. The molecule has 0 aromatic heterocycles. The number of likely N-dealkylation sites (N-methyl/N-ethyl adjacent to an activating group) is 2. The molecule has 1 aromatic carbocycles. The number of Topliss-reactive ketones (excluding diaryl/α,β-unsaturated/α-hetero) is 1. The molecule has 0 bridgehead atoms. The number of nitrogens with zero attached hydrogens (tertiary/aromatic N) is 1. The molecule has 1 rings (SSSR count). The van der Waals surface area contributed by atoms with Crippen LogP contribution in [0.2, 0.25) is 0 Å². The van der Waals surface area contributed by atoms with E-state index < -0.39 is 18.0 Å². The van der Waals surface area contributed by atoms with E-state index in [0.29, 0.717) is 122 Å². The number of hydrogen-bond acceptors (Lipinski definition) is 15. The minimum atomic E-state index is -1.16. The summed E-state index contributed by atoms with van der Waals surface area (Å²) in [7, 11) is 5.65. The number of aliphatic carboxylic acids is 2. The monoisotopic (exact) mass is 1170 g/mol. The van der Waals surface area contributed by atoms with Crippen LogP contribution in [-0.4, -0.2) is 208 Å². The lowest BCUT2D eigenvalue weighted by molar-refractivity contribution is -0.881. The Morgan fingerprint density at radius 2 is 0.902 bits per heavy atom. The molecule has 2 unspecified atom stereocenters. The number of unbranched alkanes of at least 4 members (excludes halogenated alkanes) is 15. The maximum atomic E-state index is 12.6. The summed E-state index contributed by atoms with van der Waals surface area (Å²) in [5.41, 5.74) is 1.04. The molecule has 0 spiro atoms. The molecule has 22 heteroatoms. The average Bonchev–Trinajstić information content (AvgIpc) is 3.44. The van der Waals surface area contributed by atoms with Crippen molar-refractivity contribution in [3.8, 4) is 5.75 Å². The Hall–Kier alpha value is -4.81. The third-order valence-corrected chi connectivity index (χ3v) is 13.5. The molecule has 0 aliphatic carbocycles. The van der Waals surface area contributed by atoms with Gasteiger partial charge in [0.1, 0.15) is 24.2 Å². The molecule has 0 heterocycles. The minimum Gasteiger partial charge on any atom is -0.492 e. The maximum Gasteiger partial charge on any atom is 0.326 e. The first-order valence-electron chi connectivity index (χ1n) is 30.4. The van der Waals surface area contributed by atoms with E-state index in [2.05, 4.69) is 26.6 Å². The molecule has 0 saturated heterocycles. The van der Waals surface area contributed by atoms with Crippen molar-refractivity contribution in [1.82, 2.24) is 26.6 Å². The number of carboxylic acid groups (broad SMARTS) is 2. The predicted molar refractivity (Wildman–Crippen MR) is 314 cm³/mol. The number of quaternary nitrogens is 1. The van der Waals surface area contributed by atoms with Gasteiger partial charge in [-0.1, -0.05) is 109 Å². The lowest BCUT2D eigenvalue weighted by Crippen LogP contribution is -2.51. The van der Waals surface area contributed by atoms with Gasteiger partial charge in [-0.15, -0.1) is 0 Å². The van der Waals surface area contributed by atoms with Gasteiger partial charge in [0, 0.05) is 38.6 Å². The van der Waals surface area contributed by atoms with Gasteiger partial charge in [-0.2, -0.15) is 0 Å². The molecule has 0 radical (unpaired) electrons. The molecule has 0 fully saturated rings. The fourth-order valence-corrected chi connectivity index (χ4v) is 8.60. The van der Waals surface area contributed by atoms with Crippen molar-refractivity contribution in [2.75, 3.05) is 140 Å². The predicted octanol–water partition coefficient (Wildman–Crippen LogP) is 5.55. The van der Waals surface area contributed by atoms with Gasteiger partial charge >= 0.3 is 11.9 Å². The van der Waals surface area contributed by atoms with Crippen LogP contribution in [0, 0.1) is 0 Å². The number of amides is 4. The SMILES string of the molecule is CCC(=O)C(Cc1ccc(OCCNC(=O)C[N+](C)(C)CCNC(=O)CCOCCOCCOCCOCCOCCOCCNC(=O)CCC(NC(=O)CCCCCCCCCCCCCCCCCCC(=O)O)C(=O)O)cc1)NC. The van der Waals surface area contributed by atoms with Crippen molar-refractivity contribution in [1.29, 1.82) is 0 Å². The Labute approximate surface area is 489 Å². The number of benzene rings is 1. The van der Waals surface area contributed by atoms with Gasteiger partial charge in [0.05, 0.1) is 119 Å². The van der Waals surface area contributed by atoms with E-state index in [0.717, 1.165) is 44.1 Å². The summed E-state index contributed by atoms with van der Waals surface area (Å²) < 4.78 is 39.2. The van der Waals surface area contributed by atoms with E-state index in [1.54, 1.807) is 7.05 Å². The standard InChI is InChI=1S/C60H106N6O16/c1-5-54(67)53(61-2)48-50-24-26-51(27-25-50)82-37-33-64-58(71)49-66(3,4)34-31-62-56(69)30-35-76-38-40-78-42-44-80-46-47-81-45-43-79-41-39-77-36-32-63-55(68)29-28-52(60(74)75)65-57(70)22-20-18-16-14-12-10-8-6-7-9-11-13-15-17-19-21-23-59(72)73/h24-27,52-53,61H,5-23,28-49H2,1-4H3,(H5-,62,63,64,65,68,69,70,71,72,73,74,75)/p+1. The van der Waals surface area contributed by atoms with Crippen molar-refractivity contribution < 1.29 is 81.4 Å². The van der Waals surface area contributed by atoms with Crippen molar-refractivity contribution in [3.05, 3.63) is 29.8 Å². The highest BCUT2D eigenvalue weighted by atomic mass is 16.6. The van der Waals surface area contributed by atoms with Gasteiger partial charge in [-0.05, 0) is 50.4 Å². The molecule has 22 nitrogen and oxygen atoms in total. The zero-order valence-corrected chi connectivity index (χ0v) is 50.5. The fraction of sp³-hybridized carbons (Fsp3) is 0.783. The van der Waals surface area contributed by atoms with Crippen LogP contribution in [0.25, 0.3) is 0 Å². The summed E-state index contributed by atoms with van der Waals surface area (Å²) in [5, 5.41) is 32.4. The molecule has 1 aromatic rings. The summed E-state index contributed by atoms with van der Waals surface area (Å²) in [4.78, 5) is 83.8. The normalized spacial score (nSPS) is 12.1. The Kier molecular flexibility index (Phi) is 47.5. The Morgan fingerprint density at radius 3 is 1.38 bits per heavy atom. The van der Waals surface area contributed by atoms with Gasteiger partial charge in [-0.25, -0.2) is 4.79 Å². The Bertz CT molecular complexity index is 1830. The second-order valence-corrected chi connectivity index (χ2v) is 21.2. The van der Waals surface area contributed by atoms with E-state index >= 15 is 0 Å². The molecule has 82 heavy (non-hydrogen) atoms. The number of nitrogens with one attached hydrogen (secondary N) is 5. The number of carboxylic acids is 2. The van der Waals surface area contributed by atoms with E-state index in [-0.39, 0.29) is 93.9 Å². The van der Waals surface area contributed by atoms with Gasteiger partial charge in [0.15, 0.2) is 6.54 Å². The van der Waals surface area contributed by atoms with Gasteiger partial charge in [0.25, 0.3) is 5.91 Å². The minimum absolute atomic E-state index is 0.000833. The first-order chi connectivity index (χ1) is 39.6. The number of hydrogen-bond donors (Lipinski definition) is 7. The Balaban J connectivity index is 1.88. The first-order valence-corrected chi connectivity index (χ1v) is 30.4. The third-order valence-electron chi connectivity index (χ3n) is 13.5. The smallest absolute Gasteiger partial charge is 0.326 e. The molecule has 0 saturated carbocycles. The maximum absolute atomic E-state index is 12.6. The zero-order valence-electron chi connectivity index (χ0n) is 50.5. The summed E-state index contributed by atoms with van der Waals surface area (Å²) in [6.07, 6.45) is 19.7. The second kappa shape index (κ2) is 51.8. The number of rotatable bonds is 59. The average molecular weight is 1170 g/mol. The summed E-state index contributed by atoms with van der Waals surface area (Å²) in [6, 6.07) is 6.29. The van der Waals surface area contributed by atoms with E-state index in [1.807, 2.05) is 45.3 Å². The number of carbonyl (C=O) groups excluding carboxylic acids is 5. The van der Waals surface area contributed by atoms with Crippen LogP contribution in [0.4, 0.5) is 0 Å². The van der Waals surface area contributed by atoms with Crippen LogP contribution < -0.4 is 31.3 Å². The Morgan fingerprint density at radius 1 is 0.476 bits per heavy atom. The molecule has 2 atom stereocenters. The molecule has 0 aliphatic heterocycles.